The third kappa shape index (κ3) is 1.68. The van der Waals surface area contributed by atoms with Crippen molar-refractivity contribution in [3.8, 4) is 0 Å². The molecule has 0 saturated carbocycles. The number of hydrogen-bond donors (Lipinski definition) is 2. The third-order valence-electron chi connectivity index (χ3n) is 3.11. The SMILES string of the molecule is NCC[C@H](O)C1CCc2ccccc21. The molecule has 1 unspecified atom stereocenters. The Morgan fingerprint density at radius 2 is 2.21 bits per heavy atom. The maximum atomic E-state index is 9.92. The van der Waals surface area contributed by atoms with Crippen LogP contribution in [0.4, 0.5) is 0 Å². The lowest BCUT2D eigenvalue weighted by molar-refractivity contribution is 0.136. The van der Waals surface area contributed by atoms with Gasteiger partial charge in [0.1, 0.15) is 0 Å². The first-order valence-corrected chi connectivity index (χ1v) is 5.29. The number of fused-ring (bicyclic) bond motifs is 1. The Bertz CT molecular complexity index is 311. The zero-order valence-corrected chi connectivity index (χ0v) is 8.32. The summed E-state index contributed by atoms with van der Waals surface area (Å²) in [5.41, 5.74) is 8.18. The van der Waals surface area contributed by atoms with Gasteiger partial charge in [-0.15, -0.1) is 0 Å². The van der Waals surface area contributed by atoms with Crippen molar-refractivity contribution in [2.75, 3.05) is 6.54 Å². The first-order chi connectivity index (χ1) is 6.83. The number of nitrogens with two attached hydrogens (primary N) is 1. The predicted octanol–water partition coefficient (Wildman–Crippen LogP) is 1.43. The molecule has 0 radical (unpaired) electrons. The van der Waals surface area contributed by atoms with Crippen molar-refractivity contribution in [1.29, 1.82) is 0 Å². The van der Waals surface area contributed by atoms with Crippen LogP contribution in [0.15, 0.2) is 24.3 Å². The van der Waals surface area contributed by atoms with Gasteiger partial charge in [0.25, 0.3) is 0 Å². The van der Waals surface area contributed by atoms with E-state index in [9.17, 15) is 5.11 Å². The molecule has 2 nitrogen and oxygen atoms in total. The van der Waals surface area contributed by atoms with E-state index < -0.39 is 0 Å². The van der Waals surface area contributed by atoms with Gasteiger partial charge in [0.15, 0.2) is 0 Å². The van der Waals surface area contributed by atoms with Crippen LogP contribution < -0.4 is 5.73 Å². The summed E-state index contributed by atoms with van der Waals surface area (Å²) in [7, 11) is 0. The van der Waals surface area contributed by atoms with E-state index in [0.29, 0.717) is 18.9 Å². The molecular formula is C12H17NO. The number of aliphatic hydroxyl groups is 1. The van der Waals surface area contributed by atoms with Gasteiger partial charge in [0, 0.05) is 5.92 Å². The van der Waals surface area contributed by atoms with Crippen LogP contribution in [-0.4, -0.2) is 17.8 Å². The molecule has 0 fully saturated rings. The minimum atomic E-state index is -0.261. The summed E-state index contributed by atoms with van der Waals surface area (Å²) < 4.78 is 0. The Hall–Kier alpha value is -0.860. The molecule has 0 spiro atoms. The second kappa shape index (κ2) is 4.11. The van der Waals surface area contributed by atoms with Crippen molar-refractivity contribution >= 4 is 0 Å². The Balaban J connectivity index is 2.17. The molecule has 0 aromatic heterocycles. The first kappa shape index (κ1) is 9.69. The highest BCUT2D eigenvalue weighted by Gasteiger charge is 2.27. The summed E-state index contributed by atoms with van der Waals surface area (Å²) in [6.45, 7) is 0.569. The van der Waals surface area contributed by atoms with E-state index >= 15 is 0 Å². The van der Waals surface area contributed by atoms with Crippen LogP contribution >= 0.6 is 0 Å². The molecular weight excluding hydrogens is 174 g/mol. The second-order valence-electron chi connectivity index (χ2n) is 3.99. The number of rotatable bonds is 3. The standard InChI is InChI=1S/C12H17NO/c13-8-7-12(14)11-6-5-9-3-1-2-4-10(9)11/h1-4,11-12,14H,5-8,13H2/t11?,12-/m0/s1. The van der Waals surface area contributed by atoms with E-state index in [1.54, 1.807) is 0 Å². The fourth-order valence-electron chi connectivity index (χ4n) is 2.36. The van der Waals surface area contributed by atoms with Gasteiger partial charge in [0.2, 0.25) is 0 Å². The van der Waals surface area contributed by atoms with Crippen molar-refractivity contribution in [3.05, 3.63) is 35.4 Å². The van der Waals surface area contributed by atoms with E-state index in [1.807, 2.05) is 6.07 Å². The van der Waals surface area contributed by atoms with Gasteiger partial charge in [-0.1, -0.05) is 24.3 Å². The molecule has 3 N–H and O–H groups in total. The van der Waals surface area contributed by atoms with E-state index in [4.69, 9.17) is 5.73 Å². The molecule has 76 valence electrons. The molecule has 0 saturated heterocycles. The molecule has 1 aromatic carbocycles. The lowest BCUT2D eigenvalue weighted by Crippen LogP contribution is -2.20. The van der Waals surface area contributed by atoms with Crippen molar-refractivity contribution in [1.82, 2.24) is 0 Å². The Kier molecular flexibility index (Phi) is 2.85. The van der Waals surface area contributed by atoms with Crippen LogP contribution in [0.25, 0.3) is 0 Å². The van der Waals surface area contributed by atoms with Gasteiger partial charge in [0.05, 0.1) is 6.10 Å². The Morgan fingerprint density at radius 3 is 3.00 bits per heavy atom. The highest BCUT2D eigenvalue weighted by Crippen LogP contribution is 2.35. The topological polar surface area (TPSA) is 46.2 Å². The van der Waals surface area contributed by atoms with E-state index in [-0.39, 0.29) is 6.10 Å². The summed E-state index contributed by atoms with van der Waals surface area (Å²) in [5.74, 6) is 0.315. The highest BCUT2D eigenvalue weighted by molar-refractivity contribution is 5.35. The molecule has 0 bridgehead atoms. The maximum Gasteiger partial charge on any atom is 0.0620 e. The highest BCUT2D eigenvalue weighted by atomic mass is 16.3. The van der Waals surface area contributed by atoms with Gasteiger partial charge in [-0.25, -0.2) is 0 Å². The van der Waals surface area contributed by atoms with Crippen LogP contribution in [-0.2, 0) is 6.42 Å². The number of aliphatic hydroxyl groups excluding tert-OH is 1. The lowest BCUT2D eigenvalue weighted by atomic mass is 9.93. The minimum absolute atomic E-state index is 0.261. The summed E-state index contributed by atoms with van der Waals surface area (Å²) >= 11 is 0. The monoisotopic (exact) mass is 191 g/mol. The minimum Gasteiger partial charge on any atom is -0.392 e. The second-order valence-corrected chi connectivity index (χ2v) is 3.99. The van der Waals surface area contributed by atoms with Gasteiger partial charge < -0.3 is 10.8 Å². The van der Waals surface area contributed by atoms with Crippen LogP contribution in [0, 0.1) is 0 Å². The average Bonchev–Trinajstić information content (AvgIpc) is 2.61. The zero-order valence-electron chi connectivity index (χ0n) is 8.32. The molecule has 2 rings (SSSR count). The summed E-state index contributed by atoms with van der Waals surface area (Å²) in [4.78, 5) is 0. The molecule has 0 heterocycles. The Labute approximate surface area is 84.7 Å². The predicted molar refractivity (Wildman–Crippen MR) is 57.2 cm³/mol. The Morgan fingerprint density at radius 1 is 1.43 bits per heavy atom. The van der Waals surface area contributed by atoms with Crippen LogP contribution in [0.5, 0.6) is 0 Å². The summed E-state index contributed by atoms with van der Waals surface area (Å²) in [6.07, 6.45) is 2.62. The fraction of sp³-hybridized carbons (Fsp3) is 0.500. The van der Waals surface area contributed by atoms with Crippen molar-refractivity contribution in [2.24, 2.45) is 5.73 Å². The van der Waals surface area contributed by atoms with E-state index in [2.05, 4.69) is 18.2 Å². The zero-order chi connectivity index (χ0) is 9.97. The van der Waals surface area contributed by atoms with Crippen molar-refractivity contribution in [2.45, 2.75) is 31.3 Å². The van der Waals surface area contributed by atoms with Crippen LogP contribution in [0.3, 0.4) is 0 Å². The molecule has 1 aliphatic carbocycles. The molecule has 1 aliphatic rings. The maximum absolute atomic E-state index is 9.92. The average molecular weight is 191 g/mol. The molecule has 0 amide bonds. The number of benzene rings is 1. The number of hydrogen-bond acceptors (Lipinski definition) is 2. The summed E-state index contributed by atoms with van der Waals surface area (Å²) in [6, 6.07) is 8.40. The largest absolute Gasteiger partial charge is 0.392 e. The fourth-order valence-corrected chi connectivity index (χ4v) is 2.36. The van der Waals surface area contributed by atoms with E-state index in [0.717, 1.165) is 12.8 Å². The normalized spacial score (nSPS) is 22.0. The molecule has 14 heavy (non-hydrogen) atoms. The van der Waals surface area contributed by atoms with Crippen molar-refractivity contribution in [3.63, 3.8) is 0 Å². The quantitative estimate of drug-likeness (QED) is 0.759. The van der Waals surface area contributed by atoms with Crippen LogP contribution in [0.2, 0.25) is 0 Å². The molecule has 2 atom stereocenters. The van der Waals surface area contributed by atoms with Crippen molar-refractivity contribution < 1.29 is 5.11 Å². The van der Waals surface area contributed by atoms with Gasteiger partial charge in [-0.3, -0.25) is 0 Å². The van der Waals surface area contributed by atoms with Gasteiger partial charge in [-0.05, 0) is 36.9 Å². The molecule has 2 heteroatoms. The van der Waals surface area contributed by atoms with E-state index in [1.165, 1.54) is 11.1 Å². The summed E-state index contributed by atoms with van der Waals surface area (Å²) in [5, 5.41) is 9.92. The van der Waals surface area contributed by atoms with Gasteiger partial charge in [-0.2, -0.15) is 0 Å². The first-order valence-electron chi connectivity index (χ1n) is 5.29. The molecule has 0 aliphatic heterocycles. The van der Waals surface area contributed by atoms with Crippen LogP contribution in [0.1, 0.15) is 29.9 Å². The molecule has 1 aromatic rings. The smallest absolute Gasteiger partial charge is 0.0620 e. The lowest BCUT2D eigenvalue weighted by Gasteiger charge is -2.18. The number of aryl methyl sites for hydroxylation is 1. The third-order valence-corrected chi connectivity index (χ3v) is 3.11. The van der Waals surface area contributed by atoms with Gasteiger partial charge >= 0.3 is 0 Å².